The Morgan fingerprint density at radius 1 is 1.19 bits per heavy atom. The molecule has 2 fully saturated rings. The number of nitrogens with one attached hydrogen (secondary N) is 1. The number of aliphatic carboxylic acids is 1. The number of carboxylic acids is 1. The molecule has 2 aliphatic heterocycles. The molecule has 11 nitrogen and oxygen atoms in total. The minimum Gasteiger partial charge on any atom is -0.480 e. The molecule has 4 N–H and O–H groups in total. The van der Waals surface area contributed by atoms with Gasteiger partial charge in [0.25, 0.3) is 5.91 Å². The highest BCUT2D eigenvalue weighted by Gasteiger charge is 2.44. The number of amides is 3. The molecule has 172 valence electrons. The number of ether oxygens (including phenoxy) is 1. The number of hydrogen-bond acceptors (Lipinski definition) is 6. The Hall–Kier alpha value is -3.63. The van der Waals surface area contributed by atoms with Gasteiger partial charge in [-0.05, 0) is 29.7 Å². The molecule has 1 aromatic rings. The van der Waals surface area contributed by atoms with Gasteiger partial charge in [0.1, 0.15) is 11.9 Å². The molecule has 2 atom stereocenters. The number of rotatable bonds is 5. The average molecular weight is 445 g/mol. The van der Waals surface area contributed by atoms with Gasteiger partial charge in [-0.3, -0.25) is 19.9 Å². The van der Waals surface area contributed by atoms with E-state index >= 15 is 0 Å². The van der Waals surface area contributed by atoms with Crippen molar-refractivity contribution in [3.8, 4) is 0 Å². The number of piperazine rings is 1. The van der Waals surface area contributed by atoms with Gasteiger partial charge in [0, 0.05) is 24.3 Å². The second-order valence-corrected chi connectivity index (χ2v) is 8.90. The molecule has 2 saturated heterocycles. The van der Waals surface area contributed by atoms with Crippen LogP contribution in [0.1, 0.15) is 26.3 Å². The standard InChI is InChI=1S/C21H27N5O6/c1-21(2,3)16(19(29)30)25-9-8-24(11-15(25)27)18(28)14-10-26(20(31)32-14)13-6-4-12(5-7-13)17(22)23/h4-7,14,16H,8-11H2,1-3H3,(H3,22,23)(H,29,30). The highest BCUT2D eigenvalue weighted by molar-refractivity contribution is 5.98. The van der Waals surface area contributed by atoms with Crippen LogP contribution in [0.2, 0.25) is 0 Å². The molecule has 3 amide bonds. The predicted octanol–water partition coefficient (Wildman–Crippen LogP) is 0.466. The maximum atomic E-state index is 12.9. The van der Waals surface area contributed by atoms with Gasteiger partial charge in [-0.15, -0.1) is 0 Å². The lowest BCUT2D eigenvalue weighted by molar-refractivity contribution is -0.161. The van der Waals surface area contributed by atoms with Crippen LogP contribution in [0, 0.1) is 10.8 Å². The molecule has 0 aromatic heterocycles. The van der Waals surface area contributed by atoms with E-state index in [0.717, 1.165) is 0 Å². The third-order valence-corrected chi connectivity index (χ3v) is 5.51. The van der Waals surface area contributed by atoms with E-state index in [1.807, 2.05) is 0 Å². The van der Waals surface area contributed by atoms with E-state index in [9.17, 15) is 24.3 Å². The summed E-state index contributed by atoms with van der Waals surface area (Å²) in [4.78, 5) is 53.5. The van der Waals surface area contributed by atoms with Crippen molar-refractivity contribution >= 4 is 35.4 Å². The minimum absolute atomic E-state index is 0.0226. The van der Waals surface area contributed by atoms with E-state index in [2.05, 4.69) is 0 Å². The van der Waals surface area contributed by atoms with Crippen molar-refractivity contribution in [3.63, 3.8) is 0 Å². The van der Waals surface area contributed by atoms with E-state index in [4.69, 9.17) is 15.9 Å². The first-order valence-electron chi connectivity index (χ1n) is 10.1. The number of carbonyl (C=O) groups excluding carboxylic acids is 3. The summed E-state index contributed by atoms with van der Waals surface area (Å²) in [6.45, 7) is 5.15. The number of carbonyl (C=O) groups is 4. The molecular formula is C21H27N5O6. The largest absolute Gasteiger partial charge is 0.480 e. The highest BCUT2D eigenvalue weighted by atomic mass is 16.6. The van der Waals surface area contributed by atoms with Gasteiger partial charge in [0.05, 0.1) is 13.1 Å². The van der Waals surface area contributed by atoms with Gasteiger partial charge in [0.2, 0.25) is 5.91 Å². The summed E-state index contributed by atoms with van der Waals surface area (Å²) in [7, 11) is 0. The lowest BCUT2D eigenvalue weighted by atomic mass is 9.85. The SMILES string of the molecule is CC(C)(C)C(C(=O)O)N1CCN(C(=O)C2CN(c3ccc(C(=N)N)cc3)C(=O)O2)CC1=O. The van der Waals surface area contributed by atoms with Crippen LogP contribution in [0.4, 0.5) is 10.5 Å². The first-order valence-corrected chi connectivity index (χ1v) is 10.1. The molecule has 0 bridgehead atoms. The highest BCUT2D eigenvalue weighted by Crippen LogP contribution is 2.27. The number of anilines is 1. The number of nitrogens with zero attached hydrogens (tertiary/aromatic N) is 3. The van der Waals surface area contributed by atoms with Gasteiger partial charge < -0.3 is 25.4 Å². The Balaban J connectivity index is 1.66. The van der Waals surface area contributed by atoms with Crippen LogP contribution in [-0.2, 0) is 19.1 Å². The molecule has 2 heterocycles. The molecule has 2 aliphatic rings. The minimum atomic E-state index is -1.10. The summed E-state index contributed by atoms with van der Waals surface area (Å²) in [5.41, 5.74) is 5.75. The van der Waals surface area contributed by atoms with E-state index in [1.54, 1.807) is 45.0 Å². The van der Waals surface area contributed by atoms with Gasteiger partial charge in [-0.1, -0.05) is 20.8 Å². The lowest BCUT2D eigenvalue weighted by Gasteiger charge is -2.42. The van der Waals surface area contributed by atoms with Gasteiger partial charge in [-0.25, -0.2) is 9.59 Å². The summed E-state index contributed by atoms with van der Waals surface area (Å²) >= 11 is 0. The maximum Gasteiger partial charge on any atom is 0.415 e. The van der Waals surface area contributed by atoms with E-state index in [-0.39, 0.29) is 32.0 Å². The zero-order chi connectivity index (χ0) is 23.8. The molecule has 0 saturated carbocycles. The summed E-state index contributed by atoms with van der Waals surface area (Å²) in [6, 6.07) is 5.38. The Morgan fingerprint density at radius 3 is 2.31 bits per heavy atom. The van der Waals surface area contributed by atoms with Gasteiger partial charge in [0.15, 0.2) is 6.10 Å². The zero-order valence-corrected chi connectivity index (χ0v) is 18.2. The normalized spacial score (nSPS) is 20.2. The Kier molecular flexibility index (Phi) is 6.11. The molecule has 32 heavy (non-hydrogen) atoms. The smallest absolute Gasteiger partial charge is 0.415 e. The van der Waals surface area contributed by atoms with Crippen molar-refractivity contribution in [2.75, 3.05) is 31.1 Å². The molecule has 0 radical (unpaired) electrons. The van der Waals surface area contributed by atoms with Crippen LogP contribution >= 0.6 is 0 Å². The molecule has 1 aromatic carbocycles. The van der Waals surface area contributed by atoms with Crippen LogP contribution in [0.25, 0.3) is 0 Å². The topological polar surface area (TPSA) is 157 Å². The number of benzene rings is 1. The second-order valence-electron chi connectivity index (χ2n) is 8.90. The number of nitrogens with two attached hydrogens (primary N) is 1. The number of cyclic esters (lactones) is 1. The fourth-order valence-corrected chi connectivity index (χ4v) is 3.95. The third-order valence-electron chi connectivity index (χ3n) is 5.51. The maximum absolute atomic E-state index is 12.9. The third kappa shape index (κ3) is 4.51. The number of nitrogen functional groups attached to an aromatic ring is 1. The Bertz CT molecular complexity index is 954. The summed E-state index contributed by atoms with van der Waals surface area (Å²) in [6.07, 6.45) is -1.77. The van der Waals surface area contributed by atoms with E-state index in [0.29, 0.717) is 11.3 Å². The fourth-order valence-electron chi connectivity index (χ4n) is 3.95. The van der Waals surface area contributed by atoms with Gasteiger partial charge >= 0.3 is 12.1 Å². The van der Waals surface area contributed by atoms with Crippen LogP contribution < -0.4 is 10.6 Å². The molecule has 0 aliphatic carbocycles. The van der Waals surface area contributed by atoms with Crippen molar-refractivity contribution in [2.45, 2.75) is 32.9 Å². The zero-order valence-electron chi connectivity index (χ0n) is 18.2. The van der Waals surface area contributed by atoms with Crippen molar-refractivity contribution in [3.05, 3.63) is 29.8 Å². The average Bonchev–Trinajstić information content (AvgIpc) is 3.09. The van der Waals surface area contributed by atoms with Gasteiger partial charge in [-0.2, -0.15) is 0 Å². The quantitative estimate of drug-likeness (QED) is 0.439. The van der Waals surface area contributed by atoms with Crippen molar-refractivity contribution in [1.29, 1.82) is 5.41 Å². The molecule has 0 spiro atoms. The molecular weight excluding hydrogens is 418 g/mol. The van der Waals surface area contributed by atoms with E-state index in [1.165, 1.54) is 14.7 Å². The lowest BCUT2D eigenvalue weighted by Crippen LogP contribution is -2.61. The number of amidine groups is 1. The van der Waals surface area contributed by atoms with Crippen molar-refractivity contribution in [2.24, 2.45) is 11.1 Å². The van der Waals surface area contributed by atoms with Crippen LogP contribution in [0.3, 0.4) is 0 Å². The van der Waals surface area contributed by atoms with E-state index < -0.39 is 41.4 Å². The van der Waals surface area contributed by atoms with Crippen molar-refractivity contribution in [1.82, 2.24) is 9.80 Å². The number of carboxylic acid groups (broad SMARTS) is 1. The Morgan fingerprint density at radius 2 is 1.81 bits per heavy atom. The predicted molar refractivity (Wildman–Crippen MR) is 114 cm³/mol. The van der Waals surface area contributed by atoms with Crippen LogP contribution in [-0.4, -0.2) is 82.9 Å². The molecule has 3 rings (SSSR count). The van der Waals surface area contributed by atoms with Crippen LogP contribution in [0.15, 0.2) is 24.3 Å². The molecule has 2 unspecified atom stereocenters. The van der Waals surface area contributed by atoms with Crippen LogP contribution in [0.5, 0.6) is 0 Å². The second kappa shape index (κ2) is 8.48. The monoisotopic (exact) mass is 445 g/mol. The summed E-state index contributed by atoms with van der Waals surface area (Å²) < 4.78 is 5.23. The van der Waals surface area contributed by atoms with Crippen molar-refractivity contribution < 1.29 is 29.0 Å². The number of hydrogen-bond donors (Lipinski definition) is 3. The fraction of sp³-hybridized carbons (Fsp3) is 0.476. The summed E-state index contributed by atoms with van der Waals surface area (Å²) in [5.74, 6) is -2.17. The summed E-state index contributed by atoms with van der Waals surface area (Å²) in [5, 5.41) is 17.0. The Labute approximate surface area is 185 Å². The molecule has 11 heteroatoms. The first-order chi connectivity index (χ1) is 14.9. The first kappa shape index (κ1) is 23.0.